The highest BCUT2D eigenvalue weighted by molar-refractivity contribution is 9.10. The molecule has 4 rings (SSSR count). The molecule has 0 aliphatic heterocycles. The second kappa shape index (κ2) is 5.63. The molecule has 1 aromatic heterocycles. The van der Waals surface area contributed by atoms with E-state index in [0.717, 1.165) is 41.5 Å². The van der Waals surface area contributed by atoms with Gasteiger partial charge < -0.3 is 0 Å². The van der Waals surface area contributed by atoms with Crippen LogP contribution in [0.15, 0.2) is 45.9 Å². The van der Waals surface area contributed by atoms with E-state index in [1.54, 1.807) is 0 Å². The van der Waals surface area contributed by atoms with Gasteiger partial charge in [-0.05, 0) is 83.4 Å². The maximum atomic E-state index is 13.6. The third-order valence-corrected chi connectivity index (χ3v) is 8.54. The quantitative estimate of drug-likeness (QED) is 0.545. The Hall–Kier alpha value is -1.27. The number of fused-ring (bicyclic) bond motifs is 3. The molecule has 1 heterocycles. The molecule has 0 N–H and O–H groups in total. The zero-order chi connectivity index (χ0) is 16.9. The number of sulfone groups is 1. The normalized spacial score (nSPS) is 26.0. The zero-order valence-electron chi connectivity index (χ0n) is 13.0. The maximum absolute atomic E-state index is 13.6. The lowest BCUT2D eigenvalue weighted by Crippen LogP contribution is -2.43. The van der Waals surface area contributed by atoms with Gasteiger partial charge in [0, 0.05) is 5.69 Å². The summed E-state index contributed by atoms with van der Waals surface area (Å²) in [6, 6.07) is 8.94. The summed E-state index contributed by atoms with van der Waals surface area (Å²) in [5.41, 5.74) is 1.71. The van der Waals surface area contributed by atoms with Gasteiger partial charge in [0.15, 0.2) is 9.84 Å². The van der Waals surface area contributed by atoms with Crippen molar-refractivity contribution in [2.75, 3.05) is 0 Å². The summed E-state index contributed by atoms with van der Waals surface area (Å²) in [6.07, 6.45) is 4.04. The smallest absolute Gasteiger partial charge is 0.188 e. The Morgan fingerprint density at radius 1 is 1.12 bits per heavy atom. The van der Waals surface area contributed by atoms with Crippen LogP contribution in [0, 0.1) is 11.7 Å². The summed E-state index contributed by atoms with van der Waals surface area (Å²) in [6.45, 7) is 0. The highest BCUT2D eigenvalue weighted by Crippen LogP contribution is 2.56. The largest absolute Gasteiger partial charge is 0.246 e. The van der Waals surface area contributed by atoms with Crippen molar-refractivity contribution in [1.82, 2.24) is 4.98 Å². The predicted octanol–water partition coefficient (Wildman–Crippen LogP) is 4.40. The Morgan fingerprint density at radius 3 is 2.62 bits per heavy atom. The van der Waals surface area contributed by atoms with Crippen LogP contribution in [0.1, 0.15) is 36.9 Å². The molecule has 1 fully saturated rings. The molecule has 3 nitrogen and oxygen atoms in total. The molecule has 24 heavy (non-hydrogen) atoms. The molecule has 2 aromatic rings. The highest BCUT2D eigenvalue weighted by atomic mass is 79.9. The average Bonchev–Trinajstić information content (AvgIpc) is 3.00. The van der Waals surface area contributed by atoms with Gasteiger partial charge in [-0.2, -0.15) is 0 Å². The molecule has 2 unspecified atom stereocenters. The van der Waals surface area contributed by atoms with Gasteiger partial charge >= 0.3 is 0 Å². The summed E-state index contributed by atoms with van der Waals surface area (Å²) >= 11 is 3.38. The zero-order valence-corrected chi connectivity index (χ0v) is 15.4. The lowest BCUT2D eigenvalue weighted by atomic mass is 9.78. The Balaban J connectivity index is 1.96. The molecule has 2 atom stereocenters. The van der Waals surface area contributed by atoms with Crippen molar-refractivity contribution < 1.29 is 12.8 Å². The number of benzene rings is 1. The number of aromatic nitrogens is 1. The van der Waals surface area contributed by atoms with Gasteiger partial charge in [0.25, 0.3) is 0 Å². The lowest BCUT2D eigenvalue weighted by Gasteiger charge is -2.40. The van der Waals surface area contributed by atoms with Crippen LogP contribution in [-0.4, -0.2) is 13.4 Å². The molecule has 2 aliphatic carbocycles. The summed E-state index contributed by atoms with van der Waals surface area (Å²) in [4.78, 5) is 4.73. The van der Waals surface area contributed by atoms with Gasteiger partial charge in [-0.15, -0.1) is 0 Å². The van der Waals surface area contributed by atoms with E-state index in [0.29, 0.717) is 6.42 Å². The molecule has 0 spiro atoms. The fourth-order valence-electron chi connectivity index (χ4n) is 4.46. The van der Waals surface area contributed by atoms with Crippen LogP contribution in [0.25, 0.3) is 0 Å². The van der Waals surface area contributed by atoms with E-state index in [9.17, 15) is 12.8 Å². The third kappa shape index (κ3) is 2.19. The van der Waals surface area contributed by atoms with Crippen LogP contribution in [0.2, 0.25) is 0 Å². The van der Waals surface area contributed by atoms with E-state index in [1.807, 2.05) is 12.1 Å². The van der Waals surface area contributed by atoms with Crippen molar-refractivity contribution >= 4 is 25.8 Å². The van der Waals surface area contributed by atoms with E-state index >= 15 is 0 Å². The van der Waals surface area contributed by atoms with Gasteiger partial charge in [-0.25, -0.2) is 17.8 Å². The number of rotatable bonds is 2. The number of halogens is 2. The van der Waals surface area contributed by atoms with E-state index in [4.69, 9.17) is 0 Å². The molecule has 0 saturated heterocycles. The molecular weight excluding hydrogens is 393 g/mol. The van der Waals surface area contributed by atoms with Crippen molar-refractivity contribution in [1.29, 1.82) is 0 Å². The van der Waals surface area contributed by atoms with Crippen LogP contribution in [0.5, 0.6) is 0 Å². The molecule has 1 saturated carbocycles. The third-order valence-electron chi connectivity index (χ3n) is 5.49. The first kappa shape index (κ1) is 16.2. The predicted molar refractivity (Wildman–Crippen MR) is 92.9 cm³/mol. The van der Waals surface area contributed by atoms with E-state index in [-0.39, 0.29) is 10.8 Å². The first-order valence-electron chi connectivity index (χ1n) is 8.11. The van der Waals surface area contributed by atoms with Crippen LogP contribution in [0.3, 0.4) is 0 Å². The topological polar surface area (TPSA) is 47.0 Å². The number of nitrogens with zero attached hydrogens (tertiary/aromatic N) is 1. The SMILES string of the molecule is O=S(=O)(c1ccc(F)cc1)C12CCCC1CCc1nc(Br)ccc12. The van der Waals surface area contributed by atoms with Crippen LogP contribution >= 0.6 is 15.9 Å². The molecular formula is C18H17BrFNO2S. The van der Waals surface area contributed by atoms with Crippen molar-refractivity contribution in [2.24, 2.45) is 5.92 Å². The number of pyridine rings is 1. The fraction of sp³-hybridized carbons (Fsp3) is 0.389. The van der Waals surface area contributed by atoms with E-state index in [2.05, 4.69) is 20.9 Å². The van der Waals surface area contributed by atoms with Crippen LogP contribution in [-0.2, 0) is 21.0 Å². The lowest BCUT2D eigenvalue weighted by molar-refractivity contribution is 0.359. The van der Waals surface area contributed by atoms with Crippen molar-refractivity contribution in [3.05, 3.63) is 58.1 Å². The van der Waals surface area contributed by atoms with Crippen molar-refractivity contribution in [3.63, 3.8) is 0 Å². The van der Waals surface area contributed by atoms with Crippen LogP contribution < -0.4 is 0 Å². The molecule has 6 heteroatoms. The molecule has 126 valence electrons. The van der Waals surface area contributed by atoms with E-state index in [1.165, 1.54) is 24.3 Å². The summed E-state index contributed by atoms with van der Waals surface area (Å²) in [5, 5.41) is 0. The minimum atomic E-state index is -3.63. The standard InChI is InChI=1S/C18H17BrFNO2S/c19-17-10-8-15-16(21-17)9-3-12-2-1-11-18(12,15)24(22,23)14-6-4-13(20)5-7-14/h4-8,10,12H,1-3,9,11H2. The first-order valence-corrected chi connectivity index (χ1v) is 10.4. The average molecular weight is 410 g/mol. The maximum Gasteiger partial charge on any atom is 0.188 e. The molecule has 0 bridgehead atoms. The van der Waals surface area contributed by atoms with Gasteiger partial charge in [0.05, 0.1) is 4.90 Å². The summed E-state index contributed by atoms with van der Waals surface area (Å²) < 4.78 is 40.2. The minimum Gasteiger partial charge on any atom is -0.246 e. The second-order valence-electron chi connectivity index (χ2n) is 6.60. The Morgan fingerprint density at radius 2 is 1.88 bits per heavy atom. The minimum absolute atomic E-state index is 0.100. The summed E-state index contributed by atoms with van der Waals surface area (Å²) in [7, 11) is -3.63. The van der Waals surface area contributed by atoms with Gasteiger partial charge in [-0.1, -0.05) is 12.5 Å². The number of hydrogen-bond donors (Lipinski definition) is 0. The van der Waals surface area contributed by atoms with Gasteiger partial charge in [0.2, 0.25) is 0 Å². The van der Waals surface area contributed by atoms with Crippen molar-refractivity contribution in [2.45, 2.75) is 41.7 Å². The molecule has 0 amide bonds. The first-order chi connectivity index (χ1) is 11.4. The van der Waals surface area contributed by atoms with E-state index < -0.39 is 20.4 Å². The van der Waals surface area contributed by atoms with Crippen LogP contribution in [0.4, 0.5) is 4.39 Å². The monoisotopic (exact) mass is 409 g/mol. The Kier molecular flexibility index (Phi) is 3.80. The van der Waals surface area contributed by atoms with Gasteiger partial charge in [0.1, 0.15) is 15.2 Å². The van der Waals surface area contributed by atoms with Gasteiger partial charge in [-0.3, -0.25) is 0 Å². The molecule has 0 radical (unpaired) electrons. The molecule has 2 aliphatic rings. The fourth-order valence-corrected chi connectivity index (χ4v) is 7.29. The second-order valence-corrected chi connectivity index (χ2v) is 9.62. The number of aryl methyl sites for hydroxylation is 1. The highest BCUT2D eigenvalue weighted by Gasteiger charge is 2.57. The number of hydrogen-bond acceptors (Lipinski definition) is 3. The summed E-state index contributed by atoms with van der Waals surface area (Å²) in [5.74, 6) is -0.327. The Bertz CT molecular complexity index is 898. The molecule has 1 aromatic carbocycles. The van der Waals surface area contributed by atoms with Crippen molar-refractivity contribution in [3.8, 4) is 0 Å². The Labute approximate surface area is 149 Å².